The van der Waals surface area contributed by atoms with Crippen molar-refractivity contribution in [3.05, 3.63) is 65.5 Å². The number of hydrogen-bond acceptors (Lipinski definition) is 4. The van der Waals surface area contributed by atoms with Gasteiger partial charge < -0.3 is 4.90 Å². The molecule has 0 N–H and O–H groups in total. The molecule has 0 radical (unpaired) electrons. The van der Waals surface area contributed by atoms with Crippen molar-refractivity contribution in [2.24, 2.45) is 0 Å². The number of carbonyl (C=O) groups excluding carboxylic acids is 1. The maximum atomic E-state index is 12.8. The summed E-state index contributed by atoms with van der Waals surface area (Å²) in [5.41, 5.74) is 2.84. The Labute approximate surface area is 144 Å². The van der Waals surface area contributed by atoms with Crippen LogP contribution in [0.25, 0.3) is 5.52 Å². The van der Waals surface area contributed by atoms with Gasteiger partial charge in [-0.3, -0.25) is 9.20 Å². The van der Waals surface area contributed by atoms with Crippen molar-refractivity contribution >= 4 is 23.2 Å². The molecule has 5 nitrogen and oxygen atoms in total. The average Bonchev–Trinajstić information content (AvgIpc) is 3.00. The van der Waals surface area contributed by atoms with Crippen molar-refractivity contribution in [1.82, 2.24) is 14.3 Å². The first-order valence-electron chi connectivity index (χ1n) is 7.39. The van der Waals surface area contributed by atoms with Crippen LogP contribution in [0.4, 0.5) is 0 Å². The maximum absolute atomic E-state index is 12.8. The molecule has 0 spiro atoms. The zero-order chi connectivity index (χ0) is 17.1. The van der Waals surface area contributed by atoms with Gasteiger partial charge >= 0.3 is 0 Å². The molecule has 120 valence electrons. The quantitative estimate of drug-likeness (QED) is 0.687. The normalized spacial score (nSPS) is 10.5. The van der Waals surface area contributed by atoms with E-state index in [9.17, 15) is 4.79 Å². The van der Waals surface area contributed by atoms with Crippen LogP contribution in [0.1, 0.15) is 21.6 Å². The van der Waals surface area contributed by atoms with Crippen molar-refractivity contribution in [3.8, 4) is 6.07 Å². The maximum Gasteiger partial charge on any atom is 0.274 e. The van der Waals surface area contributed by atoms with Crippen LogP contribution >= 0.6 is 11.8 Å². The molecule has 3 rings (SSSR count). The summed E-state index contributed by atoms with van der Waals surface area (Å²) in [7, 11) is 1.76. The lowest BCUT2D eigenvalue weighted by Crippen LogP contribution is -2.26. The van der Waals surface area contributed by atoms with E-state index in [1.54, 1.807) is 24.1 Å². The molecule has 0 saturated heterocycles. The number of nitriles is 1. The van der Waals surface area contributed by atoms with Crippen LogP contribution in [-0.2, 0) is 6.54 Å². The largest absolute Gasteiger partial charge is 0.336 e. The molecule has 0 unspecified atom stereocenters. The highest BCUT2D eigenvalue weighted by atomic mass is 32.2. The minimum Gasteiger partial charge on any atom is -0.336 e. The first kappa shape index (κ1) is 16.1. The standard InChI is InChI=1S/C18H16N4OS/c1-21(12-14-8-6-13(11-19)7-9-14)17(23)16-15-5-3-4-10-22(15)18(20-16)24-2/h3-10H,12H2,1-2H3. The molecule has 1 aromatic carbocycles. The number of amides is 1. The summed E-state index contributed by atoms with van der Waals surface area (Å²) in [5, 5.41) is 9.64. The van der Waals surface area contributed by atoms with Crippen LogP contribution in [0.2, 0.25) is 0 Å². The van der Waals surface area contributed by atoms with Crippen LogP contribution in [0, 0.1) is 11.3 Å². The summed E-state index contributed by atoms with van der Waals surface area (Å²) >= 11 is 1.51. The van der Waals surface area contributed by atoms with Crippen LogP contribution in [0.5, 0.6) is 0 Å². The highest BCUT2D eigenvalue weighted by molar-refractivity contribution is 7.98. The van der Waals surface area contributed by atoms with Crippen molar-refractivity contribution in [2.45, 2.75) is 11.7 Å². The number of nitrogens with zero attached hydrogens (tertiary/aromatic N) is 4. The topological polar surface area (TPSA) is 61.4 Å². The van der Waals surface area contributed by atoms with E-state index in [4.69, 9.17) is 5.26 Å². The van der Waals surface area contributed by atoms with Gasteiger partial charge in [-0.05, 0) is 36.1 Å². The van der Waals surface area contributed by atoms with E-state index in [1.807, 2.05) is 47.2 Å². The lowest BCUT2D eigenvalue weighted by molar-refractivity contribution is 0.0781. The van der Waals surface area contributed by atoms with E-state index < -0.39 is 0 Å². The molecule has 1 amide bonds. The van der Waals surface area contributed by atoms with Crippen molar-refractivity contribution in [2.75, 3.05) is 13.3 Å². The van der Waals surface area contributed by atoms with Gasteiger partial charge in [-0.15, -0.1) is 0 Å². The second kappa shape index (κ2) is 6.77. The summed E-state index contributed by atoms with van der Waals surface area (Å²) in [5.74, 6) is -0.122. The molecule has 2 heterocycles. The molecule has 0 aliphatic carbocycles. The van der Waals surface area contributed by atoms with E-state index in [0.717, 1.165) is 16.2 Å². The smallest absolute Gasteiger partial charge is 0.274 e. The number of rotatable bonds is 4. The minimum absolute atomic E-state index is 0.122. The second-order valence-corrected chi connectivity index (χ2v) is 6.15. The Kier molecular flexibility index (Phi) is 4.54. The average molecular weight is 336 g/mol. The van der Waals surface area contributed by atoms with Crippen LogP contribution < -0.4 is 0 Å². The summed E-state index contributed by atoms with van der Waals surface area (Å²) < 4.78 is 1.92. The van der Waals surface area contributed by atoms with Crippen LogP contribution in [0.3, 0.4) is 0 Å². The summed E-state index contributed by atoms with van der Waals surface area (Å²) in [4.78, 5) is 18.9. The van der Waals surface area contributed by atoms with Gasteiger partial charge in [-0.25, -0.2) is 4.98 Å². The summed E-state index contributed by atoms with van der Waals surface area (Å²) in [6.45, 7) is 0.463. The number of aromatic nitrogens is 2. The zero-order valence-corrected chi connectivity index (χ0v) is 14.2. The number of benzene rings is 1. The fourth-order valence-corrected chi connectivity index (χ4v) is 3.06. The molecule has 24 heavy (non-hydrogen) atoms. The van der Waals surface area contributed by atoms with Gasteiger partial charge in [0, 0.05) is 19.8 Å². The van der Waals surface area contributed by atoms with Gasteiger partial charge in [-0.2, -0.15) is 5.26 Å². The Balaban J connectivity index is 1.87. The van der Waals surface area contributed by atoms with E-state index in [2.05, 4.69) is 11.1 Å². The fourth-order valence-electron chi connectivity index (χ4n) is 2.52. The van der Waals surface area contributed by atoms with Gasteiger partial charge in [0.2, 0.25) is 0 Å². The molecule has 0 aliphatic heterocycles. The van der Waals surface area contributed by atoms with Crippen molar-refractivity contribution in [3.63, 3.8) is 0 Å². The minimum atomic E-state index is -0.122. The lowest BCUT2D eigenvalue weighted by Gasteiger charge is -2.16. The highest BCUT2D eigenvalue weighted by Gasteiger charge is 2.20. The second-order valence-electron chi connectivity index (χ2n) is 5.37. The number of thioether (sulfide) groups is 1. The Hall–Kier alpha value is -2.78. The Morgan fingerprint density at radius 3 is 2.71 bits per heavy atom. The van der Waals surface area contributed by atoms with E-state index in [0.29, 0.717) is 17.8 Å². The SMILES string of the molecule is CSc1nc(C(=O)N(C)Cc2ccc(C#N)cc2)c2ccccn12. The van der Waals surface area contributed by atoms with Gasteiger partial charge in [-0.1, -0.05) is 30.0 Å². The molecule has 6 heteroatoms. The summed E-state index contributed by atoms with van der Waals surface area (Å²) in [6, 6.07) is 15.0. The zero-order valence-electron chi connectivity index (χ0n) is 13.4. The van der Waals surface area contributed by atoms with Gasteiger partial charge in [0.1, 0.15) is 0 Å². The van der Waals surface area contributed by atoms with Crippen LogP contribution in [0.15, 0.2) is 53.8 Å². The Bertz CT molecular complexity index is 924. The number of carbonyl (C=O) groups is 1. The molecule has 0 aliphatic rings. The predicted molar refractivity (Wildman–Crippen MR) is 93.9 cm³/mol. The highest BCUT2D eigenvalue weighted by Crippen LogP contribution is 2.21. The first-order valence-corrected chi connectivity index (χ1v) is 8.62. The number of hydrogen-bond donors (Lipinski definition) is 0. The third-order valence-corrected chi connectivity index (χ3v) is 4.40. The van der Waals surface area contributed by atoms with E-state index in [1.165, 1.54) is 11.8 Å². The third kappa shape index (κ3) is 2.99. The van der Waals surface area contributed by atoms with E-state index >= 15 is 0 Å². The number of fused-ring (bicyclic) bond motifs is 1. The van der Waals surface area contributed by atoms with Gasteiger partial charge in [0.05, 0.1) is 17.1 Å². The first-order chi connectivity index (χ1) is 11.6. The molecule has 0 bridgehead atoms. The van der Waals surface area contributed by atoms with Gasteiger partial charge in [0.25, 0.3) is 5.91 Å². The van der Waals surface area contributed by atoms with Crippen molar-refractivity contribution in [1.29, 1.82) is 5.26 Å². The lowest BCUT2D eigenvalue weighted by atomic mass is 10.1. The fraction of sp³-hybridized carbons (Fsp3) is 0.167. The Morgan fingerprint density at radius 2 is 2.04 bits per heavy atom. The monoisotopic (exact) mass is 336 g/mol. The predicted octanol–water partition coefficient (Wildman–Crippen LogP) is 3.20. The molecule has 0 atom stereocenters. The molecule has 0 fully saturated rings. The third-order valence-electron chi connectivity index (χ3n) is 3.75. The van der Waals surface area contributed by atoms with Crippen molar-refractivity contribution < 1.29 is 4.79 Å². The molecular formula is C18H16N4OS. The number of imidazole rings is 1. The van der Waals surface area contributed by atoms with Gasteiger partial charge in [0.15, 0.2) is 10.9 Å². The molecule has 2 aromatic heterocycles. The Morgan fingerprint density at radius 1 is 1.29 bits per heavy atom. The molecule has 0 saturated carbocycles. The molecule has 3 aromatic rings. The summed E-state index contributed by atoms with van der Waals surface area (Å²) in [6.07, 6.45) is 3.85. The number of pyridine rings is 1. The van der Waals surface area contributed by atoms with Crippen LogP contribution in [-0.4, -0.2) is 33.5 Å². The van der Waals surface area contributed by atoms with E-state index in [-0.39, 0.29) is 5.91 Å². The molecular weight excluding hydrogens is 320 g/mol.